The molecule has 0 aliphatic carbocycles. The van der Waals surface area contributed by atoms with Gasteiger partial charge in [0, 0.05) is 41.8 Å². The zero-order chi connectivity index (χ0) is 23.9. The minimum absolute atomic E-state index is 0.224. The maximum Gasteiger partial charge on any atom is 0.125 e. The molecule has 6 heteroatoms. The van der Waals surface area contributed by atoms with E-state index in [1.807, 2.05) is 38.1 Å². The van der Waals surface area contributed by atoms with Crippen molar-refractivity contribution in [3.8, 4) is 11.1 Å². The lowest BCUT2D eigenvalue weighted by Crippen LogP contribution is -2.35. The minimum Gasteiger partial charge on any atom is -0.306 e. The van der Waals surface area contributed by atoms with Gasteiger partial charge in [-0.3, -0.25) is 4.98 Å². The summed E-state index contributed by atoms with van der Waals surface area (Å²) in [5.74, 6) is -0.224. The molecule has 0 saturated carbocycles. The van der Waals surface area contributed by atoms with Crippen LogP contribution >= 0.6 is 0 Å². The van der Waals surface area contributed by atoms with E-state index in [0.29, 0.717) is 6.54 Å². The number of hydrogen-bond acceptors (Lipinski definition) is 3. The summed E-state index contributed by atoms with van der Waals surface area (Å²) in [5.41, 5.74) is 3.32. The minimum atomic E-state index is -1.28. The Bertz CT molecular complexity index is 1240. The standard InChI is InChI=1S/C26H24FN3OS.C2H6/c27-22-10-8-19(9-11-22)18-4-6-20(7-5-18)25-13-12-23(30-25)17-29-32(31)26-3-1-2-21-16-28-15-14-24(21)26;1-2/h1-11,14-16,23,25,29-30H,12-13,17H2;1-2H3. The molecule has 2 heterocycles. The van der Waals surface area contributed by atoms with Gasteiger partial charge in [-0.15, -0.1) is 0 Å². The summed E-state index contributed by atoms with van der Waals surface area (Å²) in [6.45, 7) is 4.64. The van der Waals surface area contributed by atoms with E-state index in [2.05, 4.69) is 39.3 Å². The molecule has 0 bridgehead atoms. The molecule has 3 aromatic carbocycles. The Morgan fingerprint density at radius 3 is 2.41 bits per heavy atom. The molecule has 1 aromatic heterocycles. The van der Waals surface area contributed by atoms with Crippen LogP contribution in [-0.2, 0) is 11.0 Å². The van der Waals surface area contributed by atoms with Gasteiger partial charge >= 0.3 is 0 Å². The Labute approximate surface area is 203 Å². The van der Waals surface area contributed by atoms with Crippen LogP contribution < -0.4 is 10.0 Å². The van der Waals surface area contributed by atoms with E-state index in [1.54, 1.807) is 24.5 Å². The third-order valence-electron chi connectivity index (χ3n) is 6.03. The first-order valence-corrected chi connectivity index (χ1v) is 12.9. The molecule has 0 spiro atoms. The van der Waals surface area contributed by atoms with Crippen molar-refractivity contribution in [2.24, 2.45) is 0 Å². The fraction of sp³-hybridized carbons (Fsp3) is 0.250. The number of pyridine rings is 1. The van der Waals surface area contributed by atoms with Crippen molar-refractivity contribution in [3.05, 3.63) is 96.6 Å². The molecule has 0 amide bonds. The Morgan fingerprint density at radius 1 is 0.971 bits per heavy atom. The van der Waals surface area contributed by atoms with Crippen molar-refractivity contribution in [1.29, 1.82) is 0 Å². The van der Waals surface area contributed by atoms with Gasteiger partial charge in [0.1, 0.15) is 16.8 Å². The zero-order valence-corrected chi connectivity index (χ0v) is 20.3. The van der Waals surface area contributed by atoms with Gasteiger partial charge in [0.25, 0.3) is 0 Å². The zero-order valence-electron chi connectivity index (χ0n) is 19.5. The molecule has 176 valence electrons. The lowest BCUT2D eigenvalue weighted by molar-refractivity contribution is 0.545. The van der Waals surface area contributed by atoms with Gasteiger partial charge in [0.05, 0.1) is 4.90 Å². The van der Waals surface area contributed by atoms with Crippen LogP contribution in [-0.4, -0.2) is 21.8 Å². The fourth-order valence-electron chi connectivity index (χ4n) is 4.30. The van der Waals surface area contributed by atoms with Crippen molar-refractivity contribution >= 4 is 21.8 Å². The van der Waals surface area contributed by atoms with Crippen LogP contribution in [0.5, 0.6) is 0 Å². The number of aromatic nitrogens is 1. The van der Waals surface area contributed by atoms with Crippen LogP contribution in [0.1, 0.15) is 38.3 Å². The quantitative estimate of drug-likeness (QED) is 0.350. The number of benzene rings is 3. The summed E-state index contributed by atoms with van der Waals surface area (Å²) in [6, 6.07) is 23.2. The van der Waals surface area contributed by atoms with Crippen molar-refractivity contribution in [2.75, 3.05) is 6.54 Å². The highest BCUT2D eigenvalue weighted by Gasteiger charge is 2.25. The Balaban J connectivity index is 0.00000133. The van der Waals surface area contributed by atoms with Gasteiger partial charge in [-0.25, -0.2) is 13.3 Å². The fourth-order valence-corrected chi connectivity index (χ4v) is 5.40. The number of nitrogens with one attached hydrogen (secondary N) is 2. The van der Waals surface area contributed by atoms with Crippen LogP contribution in [0.3, 0.4) is 0 Å². The molecule has 0 radical (unpaired) electrons. The summed E-state index contributed by atoms with van der Waals surface area (Å²) < 4.78 is 29.2. The highest BCUT2D eigenvalue weighted by molar-refractivity contribution is 7.83. The van der Waals surface area contributed by atoms with Crippen LogP contribution in [0.15, 0.2) is 90.1 Å². The molecule has 1 aliphatic heterocycles. The number of fused-ring (bicyclic) bond motifs is 1. The number of hydrogen-bond donors (Lipinski definition) is 2. The number of nitrogens with zero attached hydrogens (tertiary/aromatic N) is 1. The lowest BCUT2D eigenvalue weighted by Gasteiger charge is -2.16. The summed E-state index contributed by atoms with van der Waals surface area (Å²) in [4.78, 5) is 4.93. The molecule has 4 aromatic rings. The Morgan fingerprint density at radius 2 is 1.68 bits per heavy atom. The lowest BCUT2D eigenvalue weighted by atomic mass is 10.00. The van der Waals surface area contributed by atoms with Gasteiger partial charge in [-0.05, 0) is 53.8 Å². The molecule has 1 saturated heterocycles. The van der Waals surface area contributed by atoms with E-state index < -0.39 is 11.0 Å². The average Bonchev–Trinajstić information content (AvgIpc) is 3.38. The monoisotopic (exact) mass is 475 g/mol. The summed E-state index contributed by atoms with van der Waals surface area (Å²) in [6.07, 6.45) is 5.58. The van der Waals surface area contributed by atoms with E-state index in [9.17, 15) is 8.60 Å². The number of halogens is 1. The van der Waals surface area contributed by atoms with Crippen molar-refractivity contribution in [3.63, 3.8) is 0 Å². The van der Waals surface area contributed by atoms with Crippen molar-refractivity contribution < 1.29 is 8.60 Å². The van der Waals surface area contributed by atoms with E-state index >= 15 is 0 Å². The van der Waals surface area contributed by atoms with Gasteiger partial charge in [0.2, 0.25) is 0 Å². The largest absolute Gasteiger partial charge is 0.306 e. The van der Waals surface area contributed by atoms with E-state index in [0.717, 1.165) is 39.6 Å². The van der Waals surface area contributed by atoms with Gasteiger partial charge in [-0.2, -0.15) is 0 Å². The maximum absolute atomic E-state index is 13.2. The van der Waals surface area contributed by atoms with Crippen LogP contribution in [0.2, 0.25) is 0 Å². The van der Waals surface area contributed by atoms with E-state index in [-0.39, 0.29) is 17.9 Å². The third-order valence-corrected chi connectivity index (χ3v) is 7.22. The number of rotatable bonds is 6. The normalized spacial score (nSPS) is 18.3. The summed E-state index contributed by atoms with van der Waals surface area (Å²) in [7, 11) is -1.28. The molecular formula is C28H30FN3OS. The Kier molecular flexibility index (Phi) is 8.16. The first-order chi connectivity index (χ1) is 16.7. The predicted molar refractivity (Wildman–Crippen MR) is 138 cm³/mol. The van der Waals surface area contributed by atoms with Crippen LogP contribution in [0, 0.1) is 5.82 Å². The van der Waals surface area contributed by atoms with Gasteiger partial charge < -0.3 is 5.32 Å². The highest BCUT2D eigenvalue weighted by Crippen LogP contribution is 2.29. The second-order valence-electron chi connectivity index (χ2n) is 8.09. The molecular weight excluding hydrogens is 445 g/mol. The molecule has 4 nitrogen and oxygen atoms in total. The molecule has 2 N–H and O–H groups in total. The first kappa shape index (κ1) is 24.2. The summed E-state index contributed by atoms with van der Waals surface area (Å²) in [5, 5.41) is 5.62. The van der Waals surface area contributed by atoms with Gasteiger partial charge in [0.15, 0.2) is 0 Å². The summed E-state index contributed by atoms with van der Waals surface area (Å²) >= 11 is 0. The molecule has 1 fully saturated rings. The first-order valence-electron chi connectivity index (χ1n) is 11.8. The molecule has 3 atom stereocenters. The van der Waals surface area contributed by atoms with Crippen molar-refractivity contribution in [1.82, 2.24) is 15.0 Å². The molecule has 5 rings (SSSR count). The van der Waals surface area contributed by atoms with E-state index in [4.69, 9.17) is 0 Å². The highest BCUT2D eigenvalue weighted by atomic mass is 32.2. The molecule has 3 unspecified atom stereocenters. The second-order valence-corrected chi connectivity index (χ2v) is 9.36. The Hall–Kier alpha value is -2.93. The topological polar surface area (TPSA) is 54.0 Å². The molecule has 1 aliphatic rings. The van der Waals surface area contributed by atoms with Gasteiger partial charge in [-0.1, -0.05) is 62.4 Å². The van der Waals surface area contributed by atoms with E-state index in [1.165, 1.54) is 17.7 Å². The third kappa shape index (κ3) is 5.58. The maximum atomic E-state index is 13.2. The second kappa shape index (κ2) is 11.5. The van der Waals surface area contributed by atoms with Crippen molar-refractivity contribution in [2.45, 2.75) is 43.7 Å². The smallest absolute Gasteiger partial charge is 0.125 e. The average molecular weight is 476 g/mol. The van der Waals surface area contributed by atoms with Crippen LogP contribution in [0.4, 0.5) is 4.39 Å². The molecule has 34 heavy (non-hydrogen) atoms. The van der Waals surface area contributed by atoms with Crippen LogP contribution in [0.25, 0.3) is 21.9 Å². The predicted octanol–water partition coefficient (Wildman–Crippen LogP) is 6.17. The SMILES string of the molecule is CC.O=S(NCC1CCC(c2ccc(-c3ccc(F)cc3)cc2)N1)c1cccc2cnccc12.